The van der Waals surface area contributed by atoms with E-state index >= 15 is 0 Å². The van der Waals surface area contributed by atoms with Crippen molar-refractivity contribution in [3.63, 3.8) is 0 Å². The number of aromatic carboxylic acids is 1. The molecule has 122 valence electrons. The van der Waals surface area contributed by atoms with E-state index in [1.807, 2.05) is 0 Å². The third-order valence-electron chi connectivity index (χ3n) is 3.01. The van der Waals surface area contributed by atoms with Gasteiger partial charge >= 0.3 is 17.8 Å². The van der Waals surface area contributed by atoms with Gasteiger partial charge in [-0.05, 0) is 19.1 Å². The number of aromatic nitrogens is 3. The Morgan fingerprint density at radius 1 is 1.43 bits per heavy atom. The van der Waals surface area contributed by atoms with Gasteiger partial charge in [-0.25, -0.2) is 4.79 Å². The number of halogens is 3. The van der Waals surface area contributed by atoms with Crippen LogP contribution in [-0.4, -0.2) is 30.8 Å². The molecule has 11 heteroatoms. The van der Waals surface area contributed by atoms with E-state index in [0.717, 1.165) is 17.8 Å². The van der Waals surface area contributed by atoms with Crippen LogP contribution in [0.4, 0.5) is 18.9 Å². The van der Waals surface area contributed by atoms with Crippen molar-refractivity contribution < 1.29 is 28.0 Å². The first-order valence-electron chi connectivity index (χ1n) is 6.08. The second kappa shape index (κ2) is 5.66. The van der Waals surface area contributed by atoms with Crippen LogP contribution in [0.5, 0.6) is 0 Å². The second-order valence-electron chi connectivity index (χ2n) is 4.54. The molecule has 0 aromatic carbocycles. The highest BCUT2D eigenvalue weighted by Gasteiger charge is 2.44. The lowest BCUT2D eigenvalue weighted by atomic mass is 10.2. The van der Waals surface area contributed by atoms with Crippen LogP contribution in [0.1, 0.15) is 27.4 Å². The van der Waals surface area contributed by atoms with Gasteiger partial charge in [0.05, 0.1) is 22.7 Å². The average molecular weight is 330 g/mol. The monoisotopic (exact) mass is 330 g/mol. The molecule has 0 bridgehead atoms. The first kappa shape index (κ1) is 16.4. The molecular formula is C12H9F3N4O4. The Balaban J connectivity index is 2.41. The maximum Gasteiger partial charge on any atom is 0.442 e. The molecule has 0 unspecified atom stereocenters. The summed E-state index contributed by atoms with van der Waals surface area (Å²) in [6.45, 7) is 0.884. The van der Waals surface area contributed by atoms with Crippen molar-refractivity contribution in [1.29, 1.82) is 0 Å². The van der Waals surface area contributed by atoms with Crippen LogP contribution in [0.2, 0.25) is 0 Å². The van der Waals surface area contributed by atoms with Gasteiger partial charge in [-0.1, -0.05) is 0 Å². The van der Waals surface area contributed by atoms with Gasteiger partial charge in [-0.3, -0.25) is 19.8 Å². The zero-order valence-corrected chi connectivity index (χ0v) is 11.5. The third kappa shape index (κ3) is 3.27. The maximum atomic E-state index is 12.8. The molecule has 0 saturated carbocycles. The number of hydrogen-bond acceptors (Lipinski definition) is 5. The summed E-state index contributed by atoms with van der Waals surface area (Å²) in [5, 5.41) is 22.8. The van der Waals surface area contributed by atoms with Gasteiger partial charge in [-0.2, -0.15) is 18.3 Å². The smallest absolute Gasteiger partial charge is 0.442 e. The Morgan fingerprint density at radius 2 is 2.09 bits per heavy atom. The average Bonchev–Trinajstić information content (AvgIpc) is 2.77. The molecule has 0 aliphatic rings. The molecule has 2 aromatic rings. The quantitative estimate of drug-likeness (QED) is 0.680. The van der Waals surface area contributed by atoms with Crippen LogP contribution in [-0.2, 0) is 12.7 Å². The normalized spacial score (nSPS) is 11.5. The van der Waals surface area contributed by atoms with Gasteiger partial charge in [0.15, 0.2) is 0 Å². The van der Waals surface area contributed by atoms with Crippen molar-refractivity contribution >= 4 is 11.7 Å². The van der Waals surface area contributed by atoms with Crippen LogP contribution in [0.3, 0.4) is 0 Å². The van der Waals surface area contributed by atoms with E-state index in [-0.39, 0.29) is 23.5 Å². The Labute approximate surface area is 126 Å². The zero-order chi connectivity index (χ0) is 17.4. The fourth-order valence-electron chi connectivity index (χ4n) is 1.90. The standard InChI is InChI=1S/C12H9F3N4O4/c1-6-9(19(22)23)10(12(13,14)15)17-18(6)5-8-3-2-7(4-16-8)11(20)21/h2-4H,5H2,1H3,(H,20,21). The number of nitro groups is 1. The topological polar surface area (TPSA) is 111 Å². The zero-order valence-electron chi connectivity index (χ0n) is 11.5. The lowest BCUT2D eigenvalue weighted by molar-refractivity contribution is -0.388. The molecule has 0 aliphatic heterocycles. The predicted molar refractivity (Wildman–Crippen MR) is 68.9 cm³/mol. The van der Waals surface area contributed by atoms with Crippen LogP contribution in [0.15, 0.2) is 18.3 Å². The van der Waals surface area contributed by atoms with Gasteiger partial charge in [0, 0.05) is 6.20 Å². The Bertz CT molecular complexity index is 768. The number of nitrogens with zero attached hydrogens (tertiary/aromatic N) is 4. The van der Waals surface area contributed by atoms with Gasteiger partial charge < -0.3 is 5.11 Å². The molecule has 0 fully saturated rings. The van der Waals surface area contributed by atoms with Crippen molar-refractivity contribution in [2.75, 3.05) is 0 Å². The van der Waals surface area contributed by atoms with Gasteiger partial charge in [0.1, 0.15) is 5.69 Å². The van der Waals surface area contributed by atoms with Crippen molar-refractivity contribution in [3.05, 3.63) is 51.1 Å². The van der Waals surface area contributed by atoms with E-state index in [1.165, 1.54) is 12.1 Å². The summed E-state index contributed by atoms with van der Waals surface area (Å²) in [5.41, 5.74) is -2.84. The van der Waals surface area contributed by atoms with Crippen molar-refractivity contribution in [1.82, 2.24) is 14.8 Å². The predicted octanol–water partition coefficient (Wildman–Crippen LogP) is 2.26. The molecule has 0 saturated heterocycles. The first-order chi connectivity index (χ1) is 10.6. The van der Waals surface area contributed by atoms with Gasteiger partial charge in [0.2, 0.25) is 5.69 Å². The fraction of sp³-hybridized carbons (Fsp3) is 0.250. The van der Waals surface area contributed by atoms with Crippen molar-refractivity contribution in [2.24, 2.45) is 0 Å². The van der Waals surface area contributed by atoms with Crippen LogP contribution < -0.4 is 0 Å². The molecule has 1 N–H and O–H groups in total. The highest BCUT2D eigenvalue weighted by Crippen LogP contribution is 2.37. The Kier molecular flexibility index (Phi) is 4.04. The summed E-state index contributed by atoms with van der Waals surface area (Å²) >= 11 is 0. The Hall–Kier alpha value is -2.98. The largest absolute Gasteiger partial charge is 0.478 e. The molecular weight excluding hydrogens is 321 g/mol. The lowest BCUT2D eigenvalue weighted by Gasteiger charge is -2.03. The Morgan fingerprint density at radius 3 is 2.48 bits per heavy atom. The van der Waals surface area contributed by atoms with Crippen LogP contribution in [0.25, 0.3) is 0 Å². The SMILES string of the molecule is Cc1c([N+](=O)[O-])c(C(F)(F)F)nn1Cc1ccc(C(=O)O)cn1. The van der Waals surface area contributed by atoms with Gasteiger partial charge in [0.25, 0.3) is 0 Å². The molecule has 2 heterocycles. The summed E-state index contributed by atoms with van der Waals surface area (Å²) in [7, 11) is 0. The van der Waals surface area contributed by atoms with Crippen LogP contribution in [0, 0.1) is 17.0 Å². The lowest BCUT2D eigenvalue weighted by Crippen LogP contribution is -2.10. The van der Waals surface area contributed by atoms with E-state index < -0.39 is 28.5 Å². The maximum absolute atomic E-state index is 12.8. The summed E-state index contributed by atoms with van der Waals surface area (Å²) in [6, 6.07) is 2.52. The molecule has 0 atom stereocenters. The number of pyridine rings is 1. The van der Waals surface area contributed by atoms with Crippen LogP contribution >= 0.6 is 0 Å². The highest BCUT2D eigenvalue weighted by atomic mass is 19.4. The first-order valence-corrected chi connectivity index (χ1v) is 6.08. The molecule has 2 rings (SSSR count). The molecule has 0 amide bonds. The number of carboxylic acid groups (broad SMARTS) is 1. The molecule has 0 aliphatic carbocycles. The van der Waals surface area contributed by atoms with Crippen molar-refractivity contribution in [2.45, 2.75) is 19.6 Å². The van der Waals surface area contributed by atoms with E-state index in [0.29, 0.717) is 0 Å². The van der Waals surface area contributed by atoms with E-state index in [2.05, 4.69) is 10.1 Å². The number of hydrogen-bond donors (Lipinski definition) is 1. The summed E-state index contributed by atoms with van der Waals surface area (Å²) in [4.78, 5) is 24.2. The van der Waals surface area contributed by atoms with E-state index in [1.54, 1.807) is 0 Å². The molecule has 2 aromatic heterocycles. The molecule has 23 heavy (non-hydrogen) atoms. The summed E-state index contributed by atoms with van der Waals surface area (Å²) in [6.07, 6.45) is -3.92. The summed E-state index contributed by atoms with van der Waals surface area (Å²) in [5.74, 6) is -1.20. The third-order valence-corrected chi connectivity index (χ3v) is 3.01. The molecule has 8 nitrogen and oxygen atoms in total. The second-order valence-corrected chi connectivity index (χ2v) is 4.54. The summed E-state index contributed by atoms with van der Waals surface area (Å²) < 4.78 is 39.3. The number of rotatable bonds is 4. The van der Waals surface area contributed by atoms with E-state index in [4.69, 9.17) is 5.11 Å². The van der Waals surface area contributed by atoms with Gasteiger partial charge in [-0.15, -0.1) is 0 Å². The number of carbonyl (C=O) groups is 1. The molecule has 0 radical (unpaired) electrons. The fourth-order valence-corrected chi connectivity index (χ4v) is 1.90. The van der Waals surface area contributed by atoms with Crippen molar-refractivity contribution in [3.8, 4) is 0 Å². The molecule has 0 spiro atoms. The van der Waals surface area contributed by atoms with E-state index in [9.17, 15) is 28.1 Å². The minimum absolute atomic E-state index is 0.0899. The number of alkyl halides is 3. The highest BCUT2D eigenvalue weighted by molar-refractivity contribution is 5.87. The minimum atomic E-state index is -4.96. The minimum Gasteiger partial charge on any atom is -0.478 e. The number of carboxylic acids is 1.